The second kappa shape index (κ2) is 8.89. The minimum absolute atomic E-state index is 0.0317. The fraction of sp³-hybridized carbons (Fsp3) is 0.333. The first kappa shape index (κ1) is 19.3. The molecule has 0 radical (unpaired) electrons. The van der Waals surface area contributed by atoms with Crippen LogP contribution in [-0.2, 0) is 4.74 Å². The van der Waals surface area contributed by atoms with Gasteiger partial charge in [-0.15, -0.1) is 0 Å². The summed E-state index contributed by atoms with van der Waals surface area (Å²) in [6.07, 6.45) is 2.95. The highest BCUT2D eigenvalue weighted by Gasteiger charge is 2.19. The lowest BCUT2D eigenvalue weighted by atomic mass is 10.0. The number of amides is 1. The van der Waals surface area contributed by atoms with E-state index in [-0.39, 0.29) is 11.3 Å². The van der Waals surface area contributed by atoms with Crippen LogP contribution in [0.25, 0.3) is 0 Å². The maximum absolute atomic E-state index is 14.5. The first-order valence-electron chi connectivity index (χ1n) is 8.33. The van der Waals surface area contributed by atoms with E-state index in [9.17, 15) is 9.18 Å². The van der Waals surface area contributed by atoms with Crippen LogP contribution in [0.3, 0.4) is 0 Å². The number of carbonyl (C=O) groups excluding carboxylic acids is 1. The molecule has 0 bridgehead atoms. The number of ether oxygens (including phenoxy) is 1. The van der Waals surface area contributed by atoms with Crippen LogP contribution in [0.5, 0.6) is 0 Å². The van der Waals surface area contributed by atoms with Gasteiger partial charge in [0.2, 0.25) is 5.88 Å². The van der Waals surface area contributed by atoms with Crippen LogP contribution >= 0.6 is 0 Å². The summed E-state index contributed by atoms with van der Waals surface area (Å²) in [6.45, 7) is 4.52. The lowest BCUT2D eigenvalue weighted by Crippen LogP contribution is -2.40. The summed E-state index contributed by atoms with van der Waals surface area (Å²) < 4.78 is 19.8. The highest BCUT2D eigenvalue weighted by atomic mass is 19.1. The van der Waals surface area contributed by atoms with E-state index in [2.05, 4.69) is 15.6 Å². The molecule has 1 amide bonds. The molecule has 1 aliphatic rings. The molecule has 1 atom stereocenters. The van der Waals surface area contributed by atoms with Gasteiger partial charge in [-0.2, -0.15) is 0 Å². The normalized spacial score (nSPS) is 14.4. The highest BCUT2D eigenvalue weighted by Crippen LogP contribution is 2.15. The van der Waals surface area contributed by atoms with Crippen molar-refractivity contribution in [1.82, 2.24) is 10.6 Å². The van der Waals surface area contributed by atoms with Crippen LogP contribution in [0.4, 0.5) is 4.39 Å². The average molecular weight is 359 g/mol. The number of nitrogens with one attached hydrogen (secondary N) is 4. The number of nitrogens with zero attached hydrogens (tertiary/aromatic N) is 1. The molecule has 2 rings (SSSR count). The molecule has 7 nitrogen and oxygen atoms in total. The SMILES string of the molecule is CCOC1=CNCC(c2ccc(C(=O)NC(CC)C(=N)C=N)c(F)c2)=N1. The molecule has 1 unspecified atom stereocenters. The smallest absolute Gasteiger partial charge is 0.254 e. The Morgan fingerprint density at radius 2 is 2.27 bits per heavy atom. The first-order chi connectivity index (χ1) is 12.5. The molecule has 1 aromatic rings. The fourth-order valence-electron chi connectivity index (χ4n) is 2.44. The lowest BCUT2D eigenvalue weighted by Gasteiger charge is -2.17. The van der Waals surface area contributed by atoms with E-state index in [1.54, 1.807) is 19.2 Å². The summed E-state index contributed by atoms with van der Waals surface area (Å²) >= 11 is 0. The molecular formula is C18H22FN5O2. The van der Waals surface area contributed by atoms with Crippen LogP contribution in [0.15, 0.2) is 35.3 Å². The third kappa shape index (κ3) is 4.53. The van der Waals surface area contributed by atoms with Crippen LogP contribution in [0.2, 0.25) is 0 Å². The number of rotatable bonds is 8. The molecule has 0 saturated heterocycles. The van der Waals surface area contributed by atoms with Gasteiger partial charge in [-0.3, -0.25) is 4.79 Å². The third-order valence-electron chi connectivity index (χ3n) is 3.82. The van der Waals surface area contributed by atoms with E-state index in [1.165, 1.54) is 12.1 Å². The van der Waals surface area contributed by atoms with Gasteiger partial charge >= 0.3 is 0 Å². The molecular weight excluding hydrogens is 337 g/mol. The summed E-state index contributed by atoms with van der Waals surface area (Å²) in [7, 11) is 0. The van der Waals surface area contributed by atoms with Crippen molar-refractivity contribution >= 4 is 23.5 Å². The lowest BCUT2D eigenvalue weighted by molar-refractivity contribution is 0.0942. The summed E-state index contributed by atoms with van der Waals surface area (Å²) in [5, 5.41) is 20.3. The number of carbonyl (C=O) groups is 1. The fourth-order valence-corrected chi connectivity index (χ4v) is 2.44. The second-order valence-electron chi connectivity index (χ2n) is 5.58. The van der Waals surface area contributed by atoms with Crippen LogP contribution < -0.4 is 10.6 Å². The molecule has 8 heteroatoms. The Hall–Kier alpha value is -3.03. The molecule has 1 aliphatic heterocycles. The quantitative estimate of drug-likeness (QED) is 0.534. The van der Waals surface area contributed by atoms with E-state index in [4.69, 9.17) is 15.6 Å². The summed E-state index contributed by atoms with van der Waals surface area (Å²) in [6, 6.07) is 3.65. The van der Waals surface area contributed by atoms with Crippen molar-refractivity contribution in [2.24, 2.45) is 4.99 Å². The summed E-state index contributed by atoms with van der Waals surface area (Å²) in [5.74, 6) is -0.871. The number of benzene rings is 1. The van der Waals surface area contributed by atoms with Gasteiger partial charge in [-0.25, -0.2) is 9.38 Å². The molecule has 0 aromatic heterocycles. The van der Waals surface area contributed by atoms with Crippen molar-refractivity contribution in [3.8, 4) is 0 Å². The van der Waals surface area contributed by atoms with Crippen LogP contribution in [0, 0.1) is 16.6 Å². The largest absolute Gasteiger partial charge is 0.477 e. The van der Waals surface area contributed by atoms with E-state index in [1.807, 2.05) is 6.92 Å². The van der Waals surface area contributed by atoms with Gasteiger partial charge in [0.05, 0.1) is 42.4 Å². The minimum atomic E-state index is -0.675. The van der Waals surface area contributed by atoms with E-state index in [0.29, 0.717) is 36.7 Å². The van der Waals surface area contributed by atoms with Gasteiger partial charge in [0.25, 0.3) is 5.91 Å². The Morgan fingerprint density at radius 1 is 1.50 bits per heavy atom. The number of hydrogen-bond acceptors (Lipinski definition) is 6. The topological polar surface area (TPSA) is 110 Å². The second-order valence-corrected chi connectivity index (χ2v) is 5.58. The molecule has 0 fully saturated rings. The van der Waals surface area contributed by atoms with E-state index >= 15 is 0 Å². The van der Waals surface area contributed by atoms with E-state index in [0.717, 1.165) is 6.21 Å². The number of hydrogen-bond donors (Lipinski definition) is 4. The van der Waals surface area contributed by atoms with Crippen molar-refractivity contribution in [1.29, 1.82) is 10.8 Å². The molecule has 26 heavy (non-hydrogen) atoms. The Morgan fingerprint density at radius 3 is 2.88 bits per heavy atom. The molecule has 0 aliphatic carbocycles. The highest BCUT2D eigenvalue weighted by molar-refractivity contribution is 6.30. The maximum atomic E-state index is 14.5. The first-order valence-corrected chi connectivity index (χ1v) is 8.33. The van der Waals surface area contributed by atoms with Gasteiger partial charge in [-0.1, -0.05) is 13.0 Å². The van der Waals surface area contributed by atoms with Crippen molar-refractivity contribution in [2.45, 2.75) is 26.3 Å². The molecule has 1 heterocycles. The summed E-state index contributed by atoms with van der Waals surface area (Å²) in [4.78, 5) is 16.6. The predicted octanol–water partition coefficient (Wildman–Crippen LogP) is 2.23. The van der Waals surface area contributed by atoms with E-state index < -0.39 is 17.8 Å². The Kier molecular flexibility index (Phi) is 6.60. The Balaban J connectivity index is 2.19. The minimum Gasteiger partial charge on any atom is -0.477 e. The molecule has 138 valence electrons. The standard InChI is InChI=1S/C18H22FN5O2/c1-3-15(14(21)8-20)24-18(25)12-6-5-11(7-13(12)19)16-9-22-10-17(23-16)26-4-2/h5-8,10,15,20-22H,3-4,9H2,1-2H3,(H,24,25). The Labute approximate surface area is 151 Å². The zero-order chi connectivity index (χ0) is 19.1. The zero-order valence-corrected chi connectivity index (χ0v) is 14.7. The molecule has 1 aromatic carbocycles. The predicted molar refractivity (Wildman–Crippen MR) is 98.7 cm³/mol. The van der Waals surface area contributed by atoms with Gasteiger partial charge in [0, 0.05) is 11.8 Å². The number of aliphatic imine (C=N–C) groups is 1. The molecule has 0 spiro atoms. The monoisotopic (exact) mass is 359 g/mol. The zero-order valence-electron chi connectivity index (χ0n) is 14.7. The maximum Gasteiger partial charge on any atom is 0.254 e. The number of halogens is 1. The van der Waals surface area contributed by atoms with Crippen molar-refractivity contribution in [2.75, 3.05) is 13.2 Å². The van der Waals surface area contributed by atoms with Crippen molar-refractivity contribution in [3.63, 3.8) is 0 Å². The van der Waals surface area contributed by atoms with Crippen molar-refractivity contribution < 1.29 is 13.9 Å². The van der Waals surface area contributed by atoms with Crippen LogP contribution in [-0.4, -0.2) is 42.7 Å². The van der Waals surface area contributed by atoms with Gasteiger partial charge in [0.15, 0.2) is 0 Å². The van der Waals surface area contributed by atoms with Crippen molar-refractivity contribution in [3.05, 3.63) is 47.2 Å². The third-order valence-corrected chi connectivity index (χ3v) is 3.82. The van der Waals surface area contributed by atoms with Crippen LogP contribution in [0.1, 0.15) is 36.2 Å². The Bertz CT molecular complexity index is 773. The van der Waals surface area contributed by atoms with Gasteiger partial charge < -0.3 is 26.2 Å². The molecule has 0 saturated carbocycles. The molecule has 4 N–H and O–H groups in total. The van der Waals surface area contributed by atoms with Gasteiger partial charge in [0.1, 0.15) is 5.82 Å². The average Bonchev–Trinajstić information content (AvgIpc) is 2.65. The summed E-state index contributed by atoms with van der Waals surface area (Å²) in [5.41, 5.74) is 1.01. The van der Waals surface area contributed by atoms with Gasteiger partial charge in [-0.05, 0) is 25.5 Å².